The smallest absolute Gasteiger partial charge is 0.261 e. The monoisotopic (exact) mass is 267 g/mol. The van der Waals surface area contributed by atoms with E-state index in [1.54, 1.807) is 18.2 Å². The number of carbonyl (C=O) groups excluding carboxylic acids is 1. The van der Waals surface area contributed by atoms with Crippen LogP contribution in [0.3, 0.4) is 0 Å². The summed E-state index contributed by atoms with van der Waals surface area (Å²) >= 11 is 0. The summed E-state index contributed by atoms with van der Waals surface area (Å²) in [7, 11) is 0. The van der Waals surface area contributed by atoms with E-state index in [4.69, 9.17) is 10.5 Å². The van der Waals surface area contributed by atoms with Crippen LogP contribution in [0, 0.1) is 36.5 Å². The van der Waals surface area contributed by atoms with Gasteiger partial charge < -0.3 is 5.32 Å². The topological polar surface area (TPSA) is 76.7 Å². The first-order valence-electron chi connectivity index (χ1n) is 6.44. The fourth-order valence-corrected chi connectivity index (χ4v) is 1.89. The van der Waals surface area contributed by atoms with Gasteiger partial charge in [0.15, 0.2) is 0 Å². The van der Waals surface area contributed by atoms with Gasteiger partial charge in [-0.25, -0.2) is 0 Å². The van der Waals surface area contributed by atoms with E-state index in [1.807, 2.05) is 26.8 Å². The van der Waals surface area contributed by atoms with E-state index < -0.39 is 0 Å². The van der Waals surface area contributed by atoms with Gasteiger partial charge in [-0.15, -0.1) is 0 Å². The molecule has 0 unspecified atom stereocenters. The average Bonchev–Trinajstić information content (AvgIpc) is 2.43. The van der Waals surface area contributed by atoms with Gasteiger partial charge >= 0.3 is 0 Å². The molecule has 0 saturated carbocycles. The molecule has 1 amide bonds. The SMILES string of the molecule is CCCNC(=O)/C(C#N)=C/c1c(C)cc(C#N)cc1C. The van der Waals surface area contributed by atoms with E-state index >= 15 is 0 Å². The highest BCUT2D eigenvalue weighted by molar-refractivity contribution is 6.02. The van der Waals surface area contributed by atoms with Gasteiger partial charge in [0.2, 0.25) is 0 Å². The first-order valence-corrected chi connectivity index (χ1v) is 6.44. The lowest BCUT2D eigenvalue weighted by Gasteiger charge is -2.07. The molecule has 0 bridgehead atoms. The molecule has 102 valence electrons. The second-order valence-corrected chi connectivity index (χ2v) is 4.56. The normalized spacial score (nSPS) is 10.6. The first-order chi connectivity index (χ1) is 9.53. The summed E-state index contributed by atoms with van der Waals surface area (Å²) in [6, 6.07) is 7.51. The Morgan fingerprint density at radius 3 is 2.35 bits per heavy atom. The predicted molar refractivity (Wildman–Crippen MR) is 77.5 cm³/mol. The molecule has 0 aromatic heterocycles. The van der Waals surface area contributed by atoms with Crippen molar-refractivity contribution in [1.82, 2.24) is 5.32 Å². The minimum Gasteiger partial charge on any atom is -0.351 e. The maximum atomic E-state index is 11.8. The predicted octanol–water partition coefficient (Wildman–Crippen LogP) is 2.61. The number of rotatable bonds is 4. The van der Waals surface area contributed by atoms with Gasteiger partial charge in [-0.3, -0.25) is 4.79 Å². The van der Waals surface area contributed by atoms with Crippen molar-refractivity contribution < 1.29 is 4.79 Å². The van der Waals surface area contributed by atoms with Crippen LogP contribution >= 0.6 is 0 Å². The zero-order valence-corrected chi connectivity index (χ0v) is 11.9. The molecule has 0 aliphatic carbocycles. The number of carbonyl (C=O) groups is 1. The summed E-state index contributed by atoms with van der Waals surface area (Å²) in [6.45, 7) is 6.21. The van der Waals surface area contributed by atoms with Gasteiger partial charge in [0.05, 0.1) is 11.6 Å². The van der Waals surface area contributed by atoms with Gasteiger partial charge in [-0.2, -0.15) is 10.5 Å². The minimum atomic E-state index is -0.363. The summed E-state index contributed by atoms with van der Waals surface area (Å²) in [5.41, 5.74) is 3.21. The molecular formula is C16H17N3O. The molecule has 4 heteroatoms. The lowest BCUT2D eigenvalue weighted by atomic mass is 9.97. The molecule has 1 rings (SSSR count). The number of nitrogens with zero attached hydrogens (tertiary/aromatic N) is 2. The quantitative estimate of drug-likeness (QED) is 0.673. The Balaban J connectivity index is 3.18. The molecule has 0 heterocycles. The van der Waals surface area contributed by atoms with Crippen LogP contribution < -0.4 is 5.32 Å². The molecule has 0 aliphatic heterocycles. The molecule has 1 N–H and O–H groups in total. The highest BCUT2D eigenvalue weighted by Gasteiger charge is 2.10. The molecule has 20 heavy (non-hydrogen) atoms. The van der Waals surface area contributed by atoms with Gasteiger partial charge in [-0.1, -0.05) is 6.92 Å². The number of hydrogen-bond donors (Lipinski definition) is 1. The van der Waals surface area contributed by atoms with E-state index in [1.165, 1.54) is 0 Å². The number of benzene rings is 1. The number of nitrogens with one attached hydrogen (secondary N) is 1. The van der Waals surface area contributed by atoms with Crippen molar-refractivity contribution in [3.05, 3.63) is 40.0 Å². The van der Waals surface area contributed by atoms with E-state index in [0.29, 0.717) is 12.1 Å². The van der Waals surface area contributed by atoms with Crippen molar-refractivity contribution in [2.75, 3.05) is 6.54 Å². The van der Waals surface area contributed by atoms with E-state index in [0.717, 1.165) is 23.1 Å². The number of aryl methyl sites for hydroxylation is 2. The highest BCUT2D eigenvalue weighted by Crippen LogP contribution is 2.19. The summed E-state index contributed by atoms with van der Waals surface area (Å²) in [5, 5.41) is 20.7. The molecule has 0 saturated heterocycles. The standard InChI is InChI=1S/C16H17N3O/c1-4-5-19-16(20)14(10-18)8-15-11(2)6-13(9-17)7-12(15)3/h6-8H,4-5H2,1-3H3,(H,19,20)/b14-8+. The van der Waals surface area contributed by atoms with Crippen molar-refractivity contribution >= 4 is 12.0 Å². The number of amides is 1. The fourth-order valence-electron chi connectivity index (χ4n) is 1.89. The number of nitriles is 2. The Kier molecular flexibility index (Phi) is 5.50. The molecule has 0 aliphatic rings. The maximum absolute atomic E-state index is 11.8. The Morgan fingerprint density at radius 1 is 1.30 bits per heavy atom. The van der Waals surface area contributed by atoms with Crippen LogP contribution in [-0.2, 0) is 4.79 Å². The zero-order chi connectivity index (χ0) is 15.1. The van der Waals surface area contributed by atoms with Crippen LogP contribution in [0.2, 0.25) is 0 Å². The molecule has 0 spiro atoms. The molecule has 0 radical (unpaired) electrons. The van der Waals surface area contributed by atoms with Gasteiger partial charge in [0.1, 0.15) is 11.6 Å². The maximum Gasteiger partial charge on any atom is 0.261 e. The largest absolute Gasteiger partial charge is 0.351 e. The lowest BCUT2D eigenvalue weighted by molar-refractivity contribution is -0.117. The third-order valence-corrected chi connectivity index (χ3v) is 2.91. The van der Waals surface area contributed by atoms with Gasteiger partial charge in [0.25, 0.3) is 5.91 Å². The molecule has 1 aromatic rings. The Bertz CT molecular complexity index is 607. The van der Waals surface area contributed by atoms with Crippen LogP contribution in [0.5, 0.6) is 0 Å². The third kappa shape index (κ3) is 3.70. The summed E-state index contributed by atoms with van der Waals surface area (Å²) in [4.78, 5) is 11.8. The van der Waals surface area contributed by atoms with Crippen LogP contribution in [-0.4, -0.2) is 12.5 Å². The van der Waals surface area contributed by atoms with Gasteiger partial charge in [-0.05, 0) is 55.2 Å². The summed E-state index contributed by atoms with van der Waals surface area (Å²) in [6.07, 6.45) is 2.40. The third-order valence-electron chi connectivity index (χ3n) is 2.91. The Morgan fingerprint density at radius 2 is 1.90 bits per heavy atom. The van der Waals surface area contributed by atoms with Crippen LogP contribution in [0.1, 0.15) is 35.6 Å². The van der Waals surface area contributed by atoms with Crippen molar-refractivity contribution in [2.45, 2.75) is 27.2 Å². The van der Waals surface area contributed by atoms with E-state index in [9.17, 15) is 4.79 Å². The highest BCUT2D eigenvalue weighted by atomic mass is 16.1. The van der Waals surface area contributed by atoms with Crippen LogP contribution in [0.15, 0.2) is 17.7 Å². The van der Waals surface area contributed by atoms with Crippen molar-refractivity contribution in [1.29, 1.82) is 10.5 Å². The minimum absolute atomic E-state index is 0.0781. The van der Waals surface area contributed by atoms with Crippen molar-refractivity contribution in [3.8, 4) is 12.1 Å². The summed E-state index contributed by atoms with van der Waals surface area (Å²) in [5.74, 6) is -0.363. The van der Waals surface area contributed by atoms with E-state index in [2.05, 4.69) is 11.4 Å². The van der Waals surface area contributed by atoms with Crippen molar-refractivity contribution in [3.63, 3.8) is 0 Å². The molecule has 0 fully saturated rings. The molecular weight excluding hydrogens is 250 g/mol. The Labute approximate surface area is 119 Å². The molecule has 4 nitrogen and oxygen atoms in total. The lowest BCUT2D eigenvalue weighted by Crippen LogP contribution is -2.25. The zero-order valence-electron chi connectivity index (χ0n) is 11.9. The second-order valence-electron chi connectivity index (χ2n) is 4.56. The first kappa shape index (κ1) is 15.5. The van der Waals surface area contributed by atoms with Crippen LogP contribution in [0.25, 0.3) is 6.08 Å². The van der Waals surface area contributed by atoms with E-state index in [-0.39, 0.29) is 11.5 Å². The van der Waals surface area contributed by atoms with Crippen LogP contribution in [0.4, 0.5) is 0 Å². The number of hydrogen-bond acceptors (Lipinski definition) is 3. The Hall–Kier alpha value is -2.59. The fraction of sp³-hybridized carbons (Fsp3) is 0.312. The van der Waals surface area contributed by atoms with Gasteiger partial charge in [0, 0.05) is 6.54 Å². The van der Waals surface area contributed by atoms with Crippen molar-refractivity contribution in [2.24, 2.45) is 0 Å². The molecule has 1 aromatic carbocycles. The average molecular weight is 267 g/mol. The summed E-state index contributed by atoms with van der Waals surface area (Å²) < 4.78 is 0. The second kappa shape index (κ2) is 7.11. The molecule has 0 atom stereocenters.